The van der Waals surface area contributed by atoms with E-state index in [2.05, 4.69) is 0 Å². The smallest absolute Gasteiger partial charge is 0.300 e. The fourth-order valence-electron chi connectivity index (χ4n) is 0.833. The van der Waals surface area contributed by atoms with E-state index in [1.54, 1.807) is 0 Å². The molecule has 0 aromatic heterocycles. The van der Waals surface area contributed by atoms with Crippen LogP contribution in [0.3, 0.4) is 0 Å². The number of carbonyl (C=O) groups excluding carboxylic acids is 1. The Hall–Kier alpha value is -1.75. The summed E-state index contributed by atoms with van der Waals surface area (Å²) in [7, 11) is 0. The van der Waals surface area contributed by atoms with Gasteiger partial charge in [-0.25, -0.2) is 0 Å². The summed E-state index contributed by atoms with van der Waals surface area (Å²) in [5.74, 6) is -1.63. The molecule has 0 aliphatic carbocycles. The summed E-state index contributed by atoms with van der Waals surface area (Å²) in [5.41, 5.74) is 0.109. The van der Waals surface area contributed by atoms with E-state index in [1.807, 2.05) is 0 Å². The van der Waals surface area contributed by atoms with Gasteiger partial charge in [0, 0.05) is 13.0 Å². The second kappa shape index (κ2) is 5.97. The summed E-state index contributed by atoms with van der Waals surface area (Å²) >= 11 is 5.52. The van der Waals surface area contributed by atoms with E-state index in [0.29, 0.717) is 0 Å². The quantitative estimate of drug-likeness (QED) is 0.659. The molecule has 0 bridgehead atoms. The fraction of sp³-hybridized carbons (Fsp3) is 0.200. The summed E-state index contributed by atoms with van der Waals surface area (Å²) in [5, 5.41) is 25.6. The first-order valence-corrected chi connectivity index (χ1v) is 4.55. The van der Waals surface area contributed by atoms with E-state index in [9.17, 15) is 4.79 Å². The molecule has 0 fully saturated rings. The second-order valence-electron chi connectivity index (χ2n) is 2.90. The van der Waals surface area contributed by atoms with Crippen LogP contribution in [0, 0.1) is 0 Å². The average Bonchev–Trinajstić information content (AvgIpc) is 2.09. The number of halogens is 1. The van der Waals surface area contributed by atoms with E-state index < -0.39 is 5.97 Å². The van der Waals surface area contributed by atoms with Gasteiger partial charge < -0.3 is 15.3 Å². The number of phenolic OH excluding ortho intramolecular Hbond substituents is 2. The highest BCUT2D eigenvalue weighted by Crippen LogP contribution is 2.30. The normalized spacial score (nSPS) is 8.94. The molecule has 0 saturated carbocycles. The highest BCUT2D eigenvalue weighted by atomic mass is 35.5. The van der Waals surface area contributed by atoms with Gasteiger partial charge in [-0.15, -0.1) is 0 Å². The molecule has 0 aliphatic rings. The summed E-state index contributed by atoms with van der Waals surface area (Å²) < 4.78 is 0. The first-order chi connectivity index (χ1) is 7.25. The summed E-state index contributed by atoms with van der Waals surface area (Å²) in [6.45, 7) is 2.39. The molecule has 6 heteroatoms. The highest BCUT2D eigenvalue weighted by molar-refractivity contribution is 6.32. The van der Waals surface area contributed by atoms with E-state index in [4.69, 9.17) is 31.7 Å². The van der Waals surface area contributed by atoms with Gasteiger partial charge in [-0.05, 0) is 13.0 Å². The zero-order chi connectivity index (χ0) is 12.9. The zero-order valence-electron chi connectivity index (χ0n) is 8.69. The van der Waals surface area contributed by atoms with Crippen LogP contribution in [0.2, 0.25) is 5.02 Å². The van der Waals surface area contributed by atoms with Crippen LogP contribution < -0.4 is 0 Å². The van der Waals surface area contributed by atoms with Gasteiger partial charge in [0.25, 0.3) is 5.97 Å². The minimum atomic E-state index is -0.833. The fourth-order valence-corrected chi connectivity index (χ4v) is 0.996. The van der Waals surface area contributed by atoms with Crippen LogP contribution in [0.4, 0.5) is 0 Å². The van der Waals surface area contributed by atoms with Crippen molar-refractivity contribution in [3.05, 3.63) is 22.7 Å². The van der Waals surface area contributed by atoms with E-state index in [1.165, 1.54) is 13.0 Å². The third-order valence-corrected chi connectivity index (χ3v) is 1.75. The number of phenols is 2. The molecule has 0 amide bonds. The second-order valence-corrected chi connectivity index (χ2v) is 3.30. The Labute approximate surface area is 96.9 Å². The topological polar surface area (TPSA) is 94.8 Å². The van der Waals surface area contributed by atoms with E-state index in [0.717, 1.165) is 13.0 Å². The summed E-state index contributed by atoms with van der Waals surface area (Å²) in [4.78, 5) is 19.8. The van der Waals surface area contributed by atoms with Crippen LogP contribution >= 0.6 is 11.6 Å². The van der Waals surface area contributed by atoms with Crippen molar-refractivity contribution in [2.24, 2.45) is 0 Å². The van der Waals surface area contributed by atoms with Gasteiger partial charge in [-0.2, -0.15) is 0 Å². The van der Waals surface area contributed by atoms with Gasteiger partial charge in [0.2, 0.25) is 0 Å². The molecule has 1 aromatic rings. The monoisotopic (exact) mass is 246 g/mol. The van der Waals surface area contributed by atoms with Crippen LogP contribution in [-0.4, -0.2) is 27.1 Å². The molecule has 0 aliphatic heterocycles. The molecule has 0 heterocycles. The molecule has 5 nitrogen and oxygen atoms in total. The Balaban J connectivity index is 0.000000487. The minimum Gasteiger partial charge on any atom is -0.507 e. The minimum absolute atomic E-state index is 0.0537. The molecule has 16 heavy (non-hydrogen) atoms. The number of hydrogen-bond donors (Lipinski definition) is 3. The van der Waals surface area contributed by atoms with Crippen molar-refractivity contribution in [3.8, 4) is 11.5 Å². The number of rotatable bonds is 1. The number of carboxylic acid groups (broad SMARTS) is 1. The van der Waals surface area contributed by atoms with E-state index >= 15 is 0 Å². The first kappa shape index (κ1) is 14.2. The van der Waals surface area contributed by atoms with Crippen molar-refractivity contribution in [3.63, 3.8) is 0 Å². The maximum atomic E-state index is 10.8. The standard InChI is InChI=1S/C8H7ClO3.C2H4O2/c1-4(10)5-2-6(9)8(12)3-7(5)11;1-2(3)4/h2-3,11-12H,1H3;1H3,(H,3,4). The zero-order valence-corrected chi connectivity index (χ0v) is 9.45. The predicted molar refractivity (Wildman–Crippen MR) is 58.1 cm³/mol. The van der Waals surface area contributed by atoms with Crippen LogP contribution in [0.15, 0.2) is 12.1 Å². The average molecular weight is 247 g/mol. The molecule has 0 saturated heterocycles. The number of carbonyl (C=O) groups is 2. The number of hydrogen-bond acceptors (Lipinski definition) is 4. The highest BCUT2D eigenvalue weighted by Gasteiger charge is 2.09. The Kier molecular flexibility index (Phi) is 5.32. The number of ketones is 1. The Morgan fingerprint density at radius 3 is 1.94 bits per heavy atom. The Bertz CT molecular complexity index is 410. The van der Waals surface area contributed by atoms with Crippen molar-refractivity contribution in [2.75, 3.05) is 0 Å². The van der Waals surface area contributed by atoms with Crippen LogP contribution in [0.25, 0.3) is 0 Å². The number of aromatic hydroxyl groups is 2. The molecule has 0 atom stereocenters. The molecular formula is C10H11ClO5. The molecule has 0 radical (unpaired) electrons. The molecule has 1 rings (SSSR count). The lowest BCUT2D eigenvalue weighted by atomic mass is 10.1. The Morgan fingerprint density at radius 2 is 1.56 bits per heavy atom. The lowest BCUT2D eigenvalue weighted by Crippen LogP contribution is -1.92. The first-order valence-electron chi connectivity index (χ1n) is 4.17. The lowest BCUT2D eigenvalue weighted by molar-refractivity contribution is -0.134. The van der Waals surface area contributed by atoms with Gasteiger partial charge in [0.15, 0.2) is 5.78 Å². The van der Waals surface area contributed by atoms with Crippen LogP contribution in [0.1, 0.15) is 24.2 Å². The molecule has 0 unspecified atom stereocenters. The Morgan fingerprint density at radius 1 is 1.12 bits per heavy atom. The maximum Gasteiger partial charge on any atom is 0.300 e. The van der Waals surface area contributed by atoms with Crippen molar-refractivity contribution in [1.29, 1.82) is 0 Å². The largest absolute Gasteiger partial charge is 0.507 e. The molecule has 3 N–H and O–H groups in total. The molecular weight excluding hydrogens is 236 g/mol. The van der Waals surface area contributed by atoms with Gasteiger partial charge in [0.05, 0.1) is 10.6 Å². The van der Waals surface area contributed by atoms with Gasteiger partial charge in [-0.1, -0.05) is 11.6 Å². The van der Waals surface area contributed by atoms with Gasteiger partial charge in [0.1, 0.15) is 11.5 Å². The number of aliphatic carboxylic acids is 1. The number of Topliss-reactive ketones (excluding diaryl/α,β-unsaturated/α-hetero) is 1. The molecule has 1 aromatic carbocycles. The third kappa shape index (κ3) is 4.65. The summed E-state index contributed by atoms with van der Waals surface area (Å²) in [6.07, 6.45) is 0. The van der Waals surface area contributed by atoms with Gasteiger partial charge in [-0.3, -0.25) is 9.59 Å². The third-order valence-electron chi connectivity index (χ3n) is 1.44. The lowest BCUT2D eigenvalue weighted by Gasteiger charge is -2.02. The van der Waals surface area contributed by atoms with Crippen molar-refractivity contribution in [2.45, 2.75) is 13.8 Å². The van der Waals surface area contributed by atoms with Gasteiger partial charge >= 0.3 is 0 Å². The number of benzene rings is 1. The molecule has 88 valence electrons. The van der Waals surface area contributed by atoms with Crippen LogP contribution in [-0.2, 0) is 4.79 Å². The van der Waals surface area contributed by atoms with Crippen molar-refractivity contribution in [1.82, 2.24) is 0 Å². The van der Waals surface area contributed by atoms with Crippen molar-refractivity contribution < 1.29 is 24.9 Å². The number of carboxylic acids is 1. The van der Waals surface area contributed by atoms with Crippen LogP contribution in [0.5, 0.6) is 11.5 Å². The SMILES string of the molecule is CC(=O)O.CC(=O)c1cc(Cl)c(O)cc1O. The maximum absolute atomic E-state index is 10.8. The molecule has 0 spiro atoms. The summed E-state index contributed by atoms with van der Waals surface area (Å²) in [6, 6.07) is 2.27. The van der Waals surface area contributed by atoms with E-state index in [-0.39, 0.29) is 27.9 Å². The van der Waals surface area contributed by atoms with Crippen molar-refractivity contribution >= 4 is 23.4 Å². The predicted octanol–water partition coefficient (Wildman–Crippen LogP) is 2.04.